The number of halogens is 1. The van der Waals surface area contributed by atoms with Gasteiger partial charge in [0.25, 0.3) is 5.91 Å². The van der Waals surface area contributed by atoms with Crippen LogP contribution in [0.5, 0.6) is 0 Å². The number of ether oxygens (including phenoxy) is 1. The number of hydrogen-bond donors (Lipinski definition) is 1. The van der Waals surface area contributed by atoms with Gasteiger partial charge in [-0.3, -0.25) is 4.79 Å². The number of hydrogen-bond acceptors (Lipinski definition) is 4. The summed E-state index contributed by atoms with van der Waals surface area (Å²) in [5, 5.41) is 3.41. The minimum Gasteiger partial charge on any atom is -0.457 e. The lowest BCUT2D eigenvalue weighted by atomic mass is 10.1. The summed E-state index contributed by atoms with van der Waals surface area (Å²) in [4.78, 5) is 15.0. The van der Waals surface area contributed by atoms with Crippen molar-refractivity contribution in [3.63, 3.8) is 0 Å². The molecule has 1 N–H and O–H groups in total. The molecule has 0 aliphatic carbocycles. The standard InChI is InChI=1S/C23H21FN2O3/c24-18-9-3-1-7-16(18)20-11-12-21(29-20)22-25-19-10-4-2-8-17(19)23(27)26(22)14-15-6-5-13-28-15/h1-4,7-12,15,22,25H,5-6,13-14H2/t15-,22+/m0/s1. The number of fused-ring (bicyclic) bond motifs is 1. The van der Waals surface area contributed by atoms with Gasteiger partial charge in [-0.25, -0.2) is 4.39 Å². The van der Waals surface area contributed by atoms with Crippen molar-refractivity contribution in [2.75, 3.05) is 18.5 Å². The van der Waals surface area contributed by atoms with E-state index in [9.17, 15) is 9.18 Å². The van der Waals surface area contributed by atoms with Gasteiger partial charge in [-0.15, -0.1) is 0 Å². The van der Waals surface area contributed by atoms with E-state index in [0.717, 1.165) is 25.1 Å². The van der Waals surface area contributed by atoms with E-state index in [-0.39, 0.29) is 17.8 Å². The molecule has 2 aromatic carbocycles. The van der Waals surface area contributed by atoms with Crippen LogP contribution in [0.1, 0.15) is 35.1 Å². The molecule has 29 heavy (non-hydrogen) atoms. The Morgan fingerprint density at radius 1 is 1.03 bits per heavy atom. The van der Waals surface area contributed by atoms with E-state index >= 15 is 0 Å². The zero-order valence-corrected chi connectivity index (χ0v) is 15.8. The number of anilines is 1. The highest BCUT2D eigenvalue weighted by Crippen LogP contribution is 2.36. The second kappa shape index (κ2) is 7.37. The van der Waals surface area contributed by atoms with Crippen molar-refractivity contribution in [3.05, 3.63) is 77.8 Å². The molecule has 2 atom stereocenters. The number of amides is 1. The Morgan fingerprint density at radius 2 is 1.83 bits per heavy atom. The molecule has 1 amide bonds. The smallest absolute Gasteiger partial charge is 0.258 e. The highest BCUT2D eigenvalue weighted by atomic mass is 19.1. The van der Waals surface area contributed by atoms with Crippen LogP contribution in [0.3, 0.4) is 0 Å². The average Bonchev–Trinajstić information content (AvgIpc) is 3.43. The second-order valence-electron chi connectivity index (χ2n) is 7.37. The maximum Gasteiger partial charge on any atom is 0.258 e. The molecule has 5 rings (SSSR count). The summed E-state index contributed by atoms with van der Waals surface area (Å²) < 4.78 is 26.0. The van der Waals surface area contributed by atoms with Crippen LogP contribution >= 0.6 is 0 Å². The topological polar surface area (TPSA) is 54.7 Å². The van der Waals surface area contributed by atoms with E-state index in [1.165, 1.54) is 6.07 Å². The van der Waals surface area contributed by atoms with Crippen molar-refractivity contribution in [2.24, 2.45) is 0 Å². The lowest BCUT2D eigenvalue weighted by Gasteiger charge is -2.37. The molecule has 3 heterocycles. The largest absolute Gasteiger partial charge is 0.457 e. The van der Waals surface area contributed by atoms with Crippen LogP contribution in [0.2, 0.25) is 0 Å². The third kappa shape index (κ3) is 3.29. The fourth-order valence-corrected chi connectivity index (χ4v) is 4.02. The molecule has 0 bridgehead atoms. The molecule has 5 nitrogen and oxygen atoms in total. The van der Waals surface area contributed by atoms with Crippen molar-refractivity contribution in [1.29, 1.82) is 0 Å². The van der Waals surface area contributed by atoms with Crippen LogP contribution in [-0.2, 0) is 4.74 Å². The highest BCUT2D eigenvalue weighted by Gasteiger charge is 2.36. The van der Waals surface area contributed by atoms with Crippen molar-refractivity contribution in [1.82, 2.24) is 4.90 Å². The second-order valence-corrected chi connectivity index (χ2v) is 7.37. The van der Waals surface area contributed by atoms with E-state index in [2.05, 4.69) is 5.32 Å². The predicted molar refractivity (Wildman–Crippen MR) is 107 cm³/mol. The lowest BCUT2D eigenvalue weighted by Crippen LogP contribution is -2.46. The van der Waals surface area contributed by atoms with Crippen LogP contribution in [0.4, 0.5) is 10.1 Å². The lowest BCUT2D eigenvalue weighted by molar-refractivity contribution is 0.0403. The molecular weight excluding hydrogens is 371 g/mol. The van der Waals surface area contributed by atoms with Crippen LogP contribution in [0, 0.1) is 5.82 Å². The van der Waals surface area contributed by atoms with Gasteiger partial charge in [-0.1, -0.05) is 24.3 Å². The Bertz CT molecular complexity index is 1040. The molecule has 148 valence electrons. The predicted octanol–water partition coefficient (Wildman–Crippen LogP) is 4.83. The Hall–Kier alpha value is -3.12. The van der Waals surface area contributed by atoms with Gasteiger partial charge in [-0.05, 0) is 49.2 Å². The van der Waals surface area contributed by atoms with Crippen LogP contribution < -0.4 is 5.32 Å². The van der Waals surface area contributed by atoms with Crippen molar-refractivity contribution in [3.8, 4) is 11.3 Å². The third-order valence-electron chi connectivity index (χ3n) is 5.48. The Labute approximate surface area is 168 Å². The highest BCUT2D eigenvalue weighted by molar-refractivity contribution is 6.01. The zero-order valence-electron chi connectivity index (χ0n) is 15.8. The van der Waals surface area contributed by atoms with Crippen molar-refractivity contribution < 1.29 is 18.3 Å². The minimum absolute atomic E-state index is 0.00881. The molecule has 2 aliphatic heterocycles. The number of nitrogens with zero attached hydrogens (tertiary/aromatic N) is 1. The first-order valence-corrected chi connectivity index (χ1v) is 9.83. The molecule has 0 spiro atoms. The first kappa shape index (κ1) is 17.9. The van der Waals surface area contributed by atoms with E-state index in [1.807, 2.05) is 24.3 Å². The molecule has 3 aromatic rings. The first-order valence-electron chi connectivity index (χ1n) is 9.83. The molecule has 0 radical (unpaired) electrons. The van der Waals surface area contributed by atoms with E-state index in [0.29, 0.717) is 29.2 Å². The third-order valence-corrected chi connectivity index (χ3v) is 5.48. The summed E-state index contributed by atoms with van der Waals surface area (Å²) in [6, 6.07) is 17.5. The van der Waals surface area contributed by atoms with Gasteiger partial charge in [0, 0.05) is 18.8 Å². The van der Waals surface area contributed by atoms with E-state index < -0.39 is 6.17 Å². The molecule has 2 aliphatic rings. The van der Waals surface area contributed by atoms with Crippen LogP contribution in [0.25, 0.3) is 11.3 Å². The van der Waals surface area contributed by atoms with Gasteiger partial charge in [0.2, 0.25) is 0 Å². The van der Waals surface area contributed by atoms with Crippen LogP contribution in [-0.4, -0.2) is 30.1 Å². The number of nitrogens with one attached hydrogen (secondary N) is 1. The minimum atomic E-state index is -0.484. The summed E-state index contributed by atoms with van der Waals surface area (Å²) in [5.74, 6) is 0.582. The summed E-state index contributed by atoms with van der Waals surface area (Å²) in [6.45, 7) is 1.19. The van der Waals surface area contributed by atoms with Gasteiger partial charge in [-0.2, -0.15) is 0 Å². The van der Waals surface area contributed by atoms with Crippen molar-refractivity contribution in [2.45, 2.75) is 25.1 Å². The van der Waals surface area contributed by atoms with Gasteiger partial charge in [0.1, 0.15) is 17.3 Å². The summed E-state index contributed by atoms with van der Waals surface area (Å²) in [6.07, 6.45) is 1.45. The fraction of sp³-hybridized carbons (Fsp3) is 0.261. The molecule has 1 aromatic heterocycles. The summed E-state index contributed by atoms with van der Waals surface area (Å²) in [7, 11) is 0. The number of benzene rings is 2. The van der Waals surface area contributed by atoms with Gasteiger partial charge in [0.05, 0.1) is 17.2 Å². The number of rotatable bonds is 4. The van der Waals surface area contributed by atoms with E-state index in [1.54, 1.807) is 35.2 Å². The van der Waals surface area contributed by atoms with Gasteiger partial charge < -0.3 is 19.4 Å². The number of furan rings is 1. The fourth-order valence-electron chi connectivity index (χ4n) is 4.02. The van der Waals surface area contributed by atoms with Gasteiger partial charge >= 0.3 is 0 Å². The number of carbonyl (C=O) groups is 1. The summed E-state index contributed by atoms with van der Waals surface area (Å²) >= 11 is 0. The monoisotopic (exact) mass is 392 g/mol. The quantitative estimate of drug-likeness (QED) is 0.691. The molecule has 1 fully saturated rings. The SMILES string of the molecule is O=C1c2ccccc2N[C@@H](c2ccc(-c3ccccc3F)o2)N1C[C@@H]1CCCO1. The molecule has 1 saturated heterocycles. The van der Waals surface area contributed by atoms with Crippen molar-refractivity contribution >= 4 is 11.6 Å². The number of para-hydroxylation sites is 1. The average molecular weight is 392 g/mol. The zero-order chi connectivity index (χ0) is 19.8. The van der Waals surface area contributed by atoms with Gasteiger partial charge in [0.15, 0.2) is 6.17 Å². The normalized spacial score (nSPS) is 21.1. The maximum atomic E-state index is 14.2. The first-order chi connectivity index (χ1) is 14.2. The van der Waals surface area contributed by atoms with E-state index in [4.69, 9.17) is 9.15 Å². The molecule has 6 heteroatoms. The Kier molecular flexibility index (Phi) is 4.56. The molecule has 0 unspecified atom stereocenters. The Balaban J connectivity index is 1.51. The summed E-state index contributed by atoms with van der Waals surface area (Å²) in [5.41, 5.74) is 1.78. The number of carbonyl (C=O) groups excluding carboxylic acids is 1. The molecular formula is C23H21FN2O3. The maximum absolute atomic E-state index is 14.2. The van der Waals surface area contributed by atoms with Crippen LogP contribution in [0.15, 0.2) is 65.1 Å². The Morgan fingerprint density at radius 3 is 2.62 bits per heavy atom. The molecule has 0 saturated carbocycles.